The SMILES string of the molecule is Cc1ccc2c(=O)cc(-c3ccc(N4CCC(C)(C)CC4)cc3)oc2c1OCc1ccccc1. The monoisotopic (exact) mass is 453 g/mol. The Morgan fingerprint density at radius 2 is 1.65 bits per heavy atom. The smallest absolute Gasteiger partial charge is 0.193 e. The van der Waals surface area contributed by atoms with Gasteiger partial charge in [-0.2, -0.15) is 0 Å². The highest BCUT2D eigenvalue weighted by Gasteiger charge is 2.25. The molecule has 1 saturated heterocycles. The van der Waals surface area contributed by atoms with Gasteiger partial charge >= 0.3 is 0 Å². The molecule has 1 aromatic heterocycles. The molecule has 0 radical (unpaired) electrons. The van der Waals surface area contributed by atoms with Gasteiger partial charge in [0, 0.05) is 30.4 Å². The quantitative estimate of drug-likeness (QED) is 0.327. The van der Waals surface area contributed by atoms with Crippen molar-refractivity contribution in [2.24, 2.45) is 5.41 Å². The van der Waals surface area contributed by atoms with Crippen LogP contribution in [0.4, 0.5) is 5.69 Å². The van der Waals surface area contributed by atoms with Crippen molar-refractivity contribution in [1.29, 1.82) is 0 Å². The molecule has 0 aliphatic carbocycles. The van der Waals surface area contributed by atoms with Crippen molar-refractivity contribution in [1.82, 2.24) is 0 Å². The zero-order valence-electron chi connectivity index (χ0n) is 20.1. The second-order valence-corrected chi connectivity index (χ2v) is 10.0. The van der Waals surface area contributed by atoms with Crippen LogP contribution < -0.4 is 15.1 Å². The number of piperidine rings is 1. The summed E-state index contributed by atoms with van der Waals surface area (Å²) in [6.07, 6.45) is 2.39. The van der Waals surface area contributed by atoms with Crippen LogP contribution in [-0.2, 0) is 6.61 Å². The first kappa shape index (κ1) is 22.3. The van der Waals surface area contributed by atoms with E-state index in [1.54, 1.807) is 6.07 Å². The Morgan fingerprint density at radius 1 is 0.941 bits per heavy atom. The molecule has 0 spiro atoms. The molecule has 1 aliphatic rings. The average Bonchev–Trinajstić information content (AvgIpc) is 2.84. The number of ether oxygens (including phenoxy) is 1. The van der Waals surface area contributed by atoms with Crippen LogP contribution in [0.2, 0.25) is 0 Å². The van der Waals surface area contributed by atoms with Crippen molar-refractivity contribution in [2.75, 3.05) is 18.0 Å². The summed E-state index contributed by atoms with van der Waals surface area (Å²) in [5.74, 6) is 1.17. The summed E-state index contributed by atoms with van der Waals surface area (Å²) in [7, 11) is 0. The summed E-state index contributed by atoms with van der Waals surface area (Å²) in [5.41, 5.74) is 4.95. The highest BCUT2D eigenvalue weighted by molar-refractivity contribution is 5.85. The van der Waals surface area contributed by atoms with E-state index in [1.807, 2.05) is 61.5 Å². The molecule has 1 aliphatic heterocycles. The highest BCUT2D eigenvalue weighted by atomic mass is 16.5. The highest BCUT2D eigenvalue weighted by Crippen LogP contribution is 2.34. The van der Waals surface area contributed by atoms with Gasteiger partial charge in [0.25, 0.3) is 0 Å². The number of anilines is 1. The Hall–Kier alpha value is -3.53. The van der Waals surface area contributed by atoms with Crippen LogP contribution in [0.15, 0.2) is 82.0 Å². The summed E-state index contributed by atoms with van der Waals surface area (Å²) in [6, 6.07) is 23.6. The van der Waals surface area contributed by atoms with Gasteiger partial charge in [0.15, 0.2) is 16.8 Å². The molecule has 0 amide bonds. The minimum atomic E-state index is -0.0665. The van der Waals surface area contributed by atoms with E-state index >= 15 is 0 Å². The molecule has 4 aromatic rings. The van der Waals surface area contributed by atoms with E-state index in [0.29, 0.717) is 34.5 Å². The van der Waals surface area contributed by atoms with Gasteiger partial charge < -0.3 is 14.1 Å². The normalized spacial score (nSPS) is 15.4. The minimum Gasteiger partial charge on any atom is -0.485 e. The molecule has 0 saturated carbocycles. The standard InChI is InChI=1S/C30H31NO3/c1-21-9-14-25-26(32)19-27(34-29(25)28(21)33-20-22-7-5-4-6-8-22)23-10-12-24(13-11-23)31-17-15-30(2,3)16-18-31/h4-14,19H,15-18,20H2,1-3H3. The number of nitrogens with zero attached hydrogens (tertiary/aromatic N) is 1. The number of hydrogen-bond acceptors (Lipinski definition) is 4. The van der Waals surface area contributed by atoms with E-state index in [-0.39, 0.29) is 5.43 Å². The van der Waals surface area contributed by atoms with Gasteiger partial charge in [0.2, 0.25) is 0 Å². The van der Waals surface area contributed by atoms with Crippen LogP contribution >= 0.6 is 0 Å². The third kappa shape index (κ3) is 4.58. The van der Waals surface area contributed by atoms with E-state index in [1.165, 1.54) is 18.5 Å². The van der Waals surface area contributed by atoms with Crippen molar-refractivity contribution in [3.8, 4) is 17.1 Å². The average molecular weight is 454 g/mol. The Labute approximate surface area is 200 Å². The molecule has 2 heterocycles. The second-order valence-electron chi connectivity index (χ2n) is 10.0. The summed E-state index contributed by atoms with van der Waals surface area (Å²) in [6.45, 7) is 9.21. The molecule has 0 N–H and O–H groups in total. The summed E-state index contributed by atoms with van der Waals surface area (Å²) < 4.78 is 12.5. The van der Waals surface area contributed by atoms with Gasteiger partial charge in [-0.15, -0.1) is 0 Å². The van der Waals surface area contributed by atoms with Gasteiger partial charge in [-0.25, -0.2) is 0 Å². The molecule has 0 atom stereocenters. The summed E-state index contributed by atoms with van der Waals surface area (Å²) in [4.78, 5) is 15.4. The number of rotatable bonds is 5. The zero-order chi connectivity index (χ0) is 23.7. The van der Waals surface area contributed by atoms with Crippen LogP contribution in [0.1, 0.15) is 37.8 Å². The zero-order valence-corrected chi connectivity index (χ0v) is 20.1. The van der Waals surface area contributed by atoms with Gasteiger partial charge in [0.1, 0.15) is 12.4 Å². The number of fused-ring (bicyclic) bond motifs is 1. The molecule has 1 fully saturated rings. The Kier molecular flexibility index (Phi) is 5.91. The van der Waals surface area contributed by atoms with E-state index in [0.717, 1.165) is 29.8 Å². The maximum absolute atomic E-state index is 13.0. The van der Waals surface area contributed by atoms with Crippen molar-refractivity contribution < 1.29 is 9.15 Å². The third-order valence-corrected chi connectivity index (χ3v) is 6.91. The van der Waals surface area contributed by atoms with Gasteiger partial charge in [0.05, 0.1) is 5.39 Å². The molecule has 3 aromatic carbocycles. The largest absolute Gasteiger partial charge is 0.485 e. The molecule has 5 rings (SSSR count). The topological polar surface area (TPSA) is 42.7 Å². The fourth-order valence-corrected chi connectivity index (χ4v) is 4.55. The predicted octanol–water partition coefficient (Wildman–Crippen LogP) is 6.97. The lowest BCUT2D eigenvalue weighted by Gasteiger charge is -2.38. The van der Waals surface area contributed by atoms with Gasteiger partial charge in [-0.05, 0) is 66.6 Å². The molecule has 4 heteroatoms. The molecule has 0 bridgehead atoms. The number of aryl methyl sites for hydroxylation is 1. The lowest BCUT2D eigenvalue weighted by Crippen LogP contribution is -2.37. The molecular weight excluding hydrogens is 422 g/mol. The molecule has 34 heavy (non-hydrogen) atoms. The van der Waals surface area contributed by atoms with Crippen molar-refractivity contribution >= 4 is 16.7 Å². The van der Waals surface area contributed by atoms with Crippen LogP contribution in [0.25, 0.3) is 22.3 Å². The Morgan fingerprint density at radius 3 is 2.35 bits per heavy atom. The van der Waals surface area contributed by atoms with Crippen LogP contribution in [0, 0.1) is 12.3 Å². The van der Waals surface area contributed by atoms with Crippen molar-refractivity contribution in [3.63, 3.8) is 0 Å². The van der Waals surface area contributed by atoms with Crippen molar-refractivity contribution in [3.05, 3.63) is 94.1 Å². The van der Waals surface area contributed by atoms with Crippen LogP contribution in [0.5, 0.6) is 5.75 Å². The molecular formula is C30H31NO3. The number of benzene rings is 3. The van der Waals surface area contributed by atoms with E-state index in [4.69, 9.17) is 9.15 Å². The Balaban J connectivity index is 1.45. The van der Waals surface area contributed by atoms with Crippen LogP contribution in [0.3, 0.4) is 0 Å². The Bertz CT molecular complexity index is 1340. The first-order valence-corrected chi connectivity index (χ1v) is 12.0. The summed E-state index contributed by atoms with van der Waals surface area (Å²) in [5, 5.41) is 0.532. The minimum absolute atomic E-state index is 0.0665. The fraction of sp³-hybridized carbons (Fsp3) is 0.300. The maximum Gasteiger partial charge on any atom is 0.193 e. The van der Waals surface area contributed by atoms with Gasteiger partial charge in [-0.1, -0.05) is 50.2 Å². The lowest BCUT2D eigenvalue weighted by atomic mass is 9.82. The lowest BCUT2D eigenvalue weighted by molar-refractivity contribution is 0.280. The van der Waals surface area contributed by atoms with Gasteiger partial charge in [-0.3, -0.25) is 4.79 Å². The molecule has 174 valence electrons. The predicted molar refractivity (Wildman–Crippen MR) is 139 cm³/mol. The van der Waals surface area contributed by atoms with Crippen LogP contribution in [-0.4, -0.2) is 13.1 Å². The number of hydrogen-bond donors (Lipinski definition) is 0. The molecule has 0 unspecified atom stereocenters. The first-order valence-electron chi connectivity index (χ1n) is 12.0. The van der Waals surface area contributed by atoms with Crippen molar-refractivity contribution in [2.45, 2.75) is 40.2 Å². The first-order chi connectivity index (χ1) is 16.4. The third-order valence-electron chi connectivity index (χ3n) is 6.91. The van der Waals surface area contributed by atoms with E-state index in [9.17, 15) is 4.79 Å². The maximum atomic E-state index is 13.0. The van der Waals surface area contributed by atoms with E-state index < -0.39 is 0 Å². The molecule has 4 nitrogen and oxygen atoms in total. The van der Waals surface area contributed by atoms with E-state index in [2.05, 4.69) is 30.9 Å². The summed E-state index contributed by atoms with van der Waals surface area (Å²) >= 11 is 0. The second kappa shape index (κ2) is 9.02. The fourth-order valence-electron chi connectivity index (χ4n) is 4.55.